The van der Waals surface area contributed by atoms with Crippen molar-refractivity contribution in [2.45, 2.75) is 58.5 Å². The van der Waals surface area contributed by atoms with Crippen LogP contribution in [0.25, 0.3) is 11.4 Å². The minimum absolute atomic E-state index is 0.0729. The van der Waals surface area contributed by atoms with Crippen molar-refractivity contribution in [3.05, 3.63) is 53.1 Å². The van der Waals surface area contributed by atoms with E-state index in [1.54, 1.807) is 0 Å². The first-order valence-corrected chi connectivity index (χ1v) is 10.3. The van der Waals surface area contributed by atoms with Crippen molar-refractivity contribution in [2.75, 3.05) is 5.32 Å². The number of amides is 1. The first-order chi connectivity index (χ1) is 14.1. The van der Waals surface area contributed by atoms with Crippen LogP contribution in [0.2, 0.25) is 0 Å². The lowest BCUT2D eigenvalue weighted by atomic mass is 9.95. The van der Waals surface area contributed by atoms with E-state index < -0.39 is 0 Å². The van der Waals surface area contributed by atoms with Gasteiger partial charge in [0.15, 0.2) is 5.82 Å². The normalized spacial score (nSPS) is 14.9. The van der Waals surface area contributed by atoms with Gasteiger partial charge in [0.25, 0.3) is 5.91 Å². The topological polar surface area (TPSA) is 102 Å². The van der Waals surface area contributed by atoms with Crippen molar-refractivity contribution in [1.29, 1.82) is 0 Å². The number of benzene rings is 1. The molecule has 0 saturated heterocycles. The number of carbonyl (C=O) groups excluding carboxylic acids is 1. The molecule has 29 heavy (non-hydrogen) atoms. The molecule has 1 aliphatic rings. The van der Waals surface area contributed by atoms with E-state index in [1.165, 1.54) is 32.1 Å². The lowest BCUT2D eigenvalue weighted by molar-refractivity contribution is 0.102. The first kappa shape index (κ1) is 19.4. The minimum Gasteiger partial charge on any atom is -0.345 e. The molecule has 4 N–H and O–H groups in total. The minimum atomic E-state index is -0.0729. The van der Waals surface area contributed by atoms with Crippen LogP contribution in [0.3, 0.4) is 0 Å². The molecule has 0 unspecified atom stereocenters. The smallest absolute Gasteiger partial charge is 0.257 e. The van der Waals surface area contributed by atoms with Crippen LogP contribution in [-0.4, -0.2) is 25.7 Å². The summed E-state index contributed by atoms with van der Waals surface area (Å²) in [7, 11) is 0. The lowest BCUT2D eigenvalue weighted by Gasteiger charge is -2.26. The zero-order valence-electron chi connectivity index (χ0n) is 17.0. The summed E-state index contributed by atoms with van der Waals surface area (Å²) in [6.45, 7) is 4.47. The summed E-state index contributed by atoms with van der Waals surface area (Å²) >= 11 is 0. The summed E-state index contributed by atoms with van der Waals surface area (Å²) in [5, 5.41) is 9.98. The number of hydrogen-bond acceptors (Lipinski definition) is 4. The van der Waals surface area contributed by atoms with E-state index in [2.05, 4.69) is 38.9 Å². The molecule has 2 heterocycles. The highest BCUT2D eigenvalue weighted by Crippen LogP contribution is 2.32. The fourth-order valence-electron chi connectivity index (χ4n) is 4.32. The van der Waals surface area contributed by atoms with Crippen molar-refractivity contribution in [3.8, 4) is 11.4 Å². The molecule has 1 amide bonds. The van der Waals surface area contributed by atoms with Gasteiger partial charge >= 0.3 is 0 Å². The van der Waals surface area contributed by atoms with Crippen LogP contribution in [0.1, 0.15) is 65.7 Å². The van der Waals surface area contributed by atoms with Crippen molar-refractivity contribution >= 4 is 11.6 Å². The molecule has 1 saturated carbocycles. The molecule has 0 bridgehead atoms. The molecule has 7 nitrogen and oxygen atoms in total. The number of aromatic nitrogens is 4. The third-order valence-corrected chi connectivity index (χ3v) is 5.79. The van der Waals surface area contributed by atoms with E-state index in [-0.39, 0.29) is 5.91 Å². The number of hydrogen-bond donors (Lipinski definition) is 3. The Kier molecular flexibility index (Phi) is 5.49. The maximum absolute atomic E-state index is 12.9. The van der Waals surface area contributed by atoms with Crippen molar-refractivity contribution in [3.63, 3.8) is 0 Å². The van der Waals surface area contributed by atoms with Gasteiger partial charge in [-0.1, -0.05) is 19.3 Å². The lowest BCUT2D eigenvalue weighted by Crippen LogP contribution is -2.17. The van der Waals surface area contributed by atoms with E-state index in [9.17, 15) is 4.79 Å². The van der Waals surface area contributed by atoms with Gasteiger partial charge in [-0.3, -0.25) is 9.89 Å². The highest BCUT2D eigenvalue weighted by Gasteiger charge is 2.22. The molecule has 0 aliphatic heterocycles. The summed E-state index contributed by atoms with van der Waals surface area (Å²) in [6.07, 6.45) is 6.26. The zero-order chi connectivity index (χ0) is 20.4. The maximum atomic E-state index is 12.9. The van der Waals surface area contributed by atoms with Gasteiger partial charge in [0.1, 0.15) is 5.82 Å². The number of H-pyrrole nitrogens is 1. The number of nitrogens with zero attached hydrogens (tertiary/aromatic N) is 3. The number of rotatable bonds is 5. The van der Waals surface area contributed by atoms with Crippen LogP contribution in [0.15, 0.2) is 30.3 Å². The molecule has 4 rings (SSSR count). The zero-order valence-corrected chi connectivity index (χ0v) is 17.0. The Labute approximate surface area is 170 Å². The van der Waals surface area contributed by atoms with Gasteiger partial charge in [0, 0.05) is 28.7 Å². The fraction of sp³-hybridized carbons (Fsp3) is 0.409. The van der Waals surface area contributed by atoms with Crippen molar-refractivity contribution in [1.82, 2.24) is 19.7 Å². The summed E-state index contributed by atoms with van der Waals surface area (Å²) in [6, 6.07) is 10.0. The second kappa shape index (κ2) is 8.21. The summed E-state index contributed by atoms with van der Waals surface area (Å²) in [5.74, 6) is 1.17. The summed E-state index contributed by atoms with van der Waals surface area (Å²) in [5.41, 5.74) is 10.1. The average Bonchev–Trinajstić information content (AvgIpc) is 3.33. The van der Waals surface area contributed by atoms with Crippen molar-refractivity contribution in [2.24, 2.45) is 5.73 Å². The Morgan fingerprint density at radius 2 is 1.93 bits per heavy atom. The van der Waals surface area contributed by atoms with Crippen LogP contribution >= 0.6 is 0 Å². The predicted octanol–water partition coefficient (Wildman–Crippen LogP) is 4.11. The quantitative estimate of drug-likeness (QED) is 0.608. The molecular formula is C22H28N6O. The second-order valence-electron chi connectivity index (χ2n) is 7.79. The molecule has 3 aromatic rings. The highest BCUT2D eigenvalue weighted by atomic mass is 16.1. The van der Waals surface area contributed by atoms with E-state index >= 15 is 0 Å². The number of nitrogens with two attached hydrogens (primary N) is 1. The Morgan fingerprint density at radius 3 is 2.59 bits per heavy atom. The Bertz CT molecular complexity index is 995. The van der Waals surface area contributed by atoms with Crippen LogP contribution in [-0.2, 0) is 6.54 Å². The van der Waals surface area contributed by atoms with Gasteiger partial charge in [-0.25, -0.2) is 4.98 Å². The Hall–Kier alpha value is -2.93. The van der Waals surface area contributed by atoms with Crippen LogP contribution in [0.4, 0.5) is 5.69 Å². The summed E-state index contributed by atoms with van der Waals surface area (Å²) in [4.78, 5) is 17.2. The monoisotopic (exact) mass is 392 g/mol. The van der Waals surface area contributed by atoms with Crippen LogP contribution in [0.5, 0.6) is 0 Å². The first-order valence-electron chi connectivity index (χ1n) is 10.3. The Balaban J connectivity index is 1.49. The molecule has 152 valence electrons. The molecule has 1 fully saturated rings. The maximum Gasteiger partial charge on any atom is 0.257 e. The van der Waals surface area contributed by atoms with Gasteiger partial charge in [0.05, 0.1) is 12.1 Å². The molecule has 0 radical (unpaired) electrons. The van der Waals surface area contributed by atoms with Crippen LogP contribution in [0, 0.1) is 13.8 Å². The van der Waals surface area contributed by atoms with E-state index in [1.807, 2.05) is 30.3 Å². The number of nitrogens with one attached hydrogen (secondary N) is 2. The van der Waals surface area contributed by atoms with Gasteiger partial charge in [-0.15, -0.1) is 0 Å². The van der Waals surface area contributed by atoms with Gasteiger partial charge in [-0.2, -0.15) is 5.10 Å². The third-order valence-electron chi connectivity index (χ3n) is 5.79. The number of aromatic amines is 1. The fourth-order valence-corrected chi connectivity index (χ4v) is 4.32. The van der Waals surface area contributed by atoms with E-state index in [0.717, 1.165) is 28.2 Å². The van der Waals surface area contributed by atoms with Gasteiger partial charge in [0.2, 0.25) is 0 Å². The predicted molar refractivity (Wildman–Crippen MR) is 114 cm³/mol. The Morgan fingerprint density at radius 1 is 1.21 bits per heavy atom. The SMILES string of the molecule is Cc1cc(C(=O)Nc2ccc(-c3n[nH]c(CN)n3)cc2)c(C)n1C1CCCCC1. The number of anilines is 1. The molecule has 2 aromatic heterocycles. The van der Waals surface area contributed by atoms with Gasteiger partial charge in [-0.05, 0) is 57.0 Å². The molecule has 1 aliphatic carbocycles. The van der Waals surface area contributed by atoms with Gasteiger partial charge < -0.3 is 15.6 Å². The number of aryl methyl sites for hydroxylation is 1. The third kappa shape index (κ3) is 3.96. The largest absolute Gasteiger partial charge is 0.345 e. The van der Waals surface area contributed by atoms with Crippen molar-refractivity contribution < 1.29 is 4.79 Å². The molecule has 1 aromatic carbocycles. The second-order valence-corrected chi connectivity index (χ2v) is 7.79. The van der Waals surface area contributed by atoms with E-state index in [4.69, 9.17) is 5.73 Å². The standard InChI is InChI=1S/C22H28N6O/c1-14-12-19(15(2)28(14)18-6-4-3-5-7-18)22(29)24-17-10-8-16(9-11-17)21-25-20(13-23)26-27-21/h8-12,18H,3-7,13,23H2,1-2H3,(H,24,29)(H,25,26,27). The summed E-state index contributed by atoms with van der Waals surface area (Å²) < 4.78 is 2.36. The van der Waals surface area contributed by atoms with Crippen LogP contribution < -0.4 is 11.1 Å². The van der Waals surface area contributed by atoms with E-state index in [0.29, 0.717) is 24.2 Å². The average molecular weight is 393 g/mol. The molecular weight excluding hydrogens is 364 g/mol. The number of carbonyl (C=O) groups is 1. The molecule has 0 spiro atoms. The highest BCUT2D eigenvalue weighted by molar-refractivity contribution is 6.05. The molecule has 7 heteroatoms. The molecule has 0 atom stereocenters.